The van der Waals surface area contributed by atoms with Gasteiger partial charge in [-0.3, -0.25) is 9.59 Å². The Morgan fingerprint density at radius 3 is 2.79 bits per heavy atom. The Morgan fingerprint density at radius 1 is 1.42 bits per heavy atom. The van der Waals surface area contributed by atoms with Gasteiger partial charge in [0, 0.05) is 12.0 Å². The lowest BCUT2D eigenvalue weighted by molar-refractivity contribution is -0.127. The van der Waals surface area contributed by atoms with Gasteiger partial charge >= 0.3 is 0 Å². The van der Waals surface area contributed by atoms with Crippen LogP contribution in [0.2, 0.25) is 0 Å². The summed E-state index contributed by atoms with van der Waals surface area (Å²) in [6.07, 6.45) is 0.543. The van der Waals surface area contributed by atoms with Gasteiger partial charge in [0.2, 0.25) is 11.8 Å². The van der Waals surface area contributed by atoms with Crippen molar-refractivity contribution in [2.45, 2.75) is 32.4 Å². The summed E-state index contributed by atoms with van der Waals surface area (Å²) in [5, 5.41) is 5.29. The molecule has 0 saturated carbocycles. The average Bonchev–Trinajstić information content (AvgIpc) is 2.52. The first kappa shape index (κ1) is 20.2. The molecule has 0 aromatic heterocycles. The van der Waals surface area contributed by atoms with E-state index in [0.29, 0.717) is 24.3 Å². The van der Waals surface area contributed by atoms with E-state index in [0.717, 1.165) is 0 Å². The molecule has 2 rings (SSSR count). The smallest absolute Gasteiger partial charge is 0.239 e. The van der Waals surface area contributed by atoms with Crippen LogP contribution in [0, 0.1) is 11.7 Å². The monoisotopic (exact) mass is 359 g/mol. The van der Waals surface area contributed by atoms with Crippen molar-refractivity contribution in [3.05, 3.63) is 29.6 Å². The number of ether oxygens (including phenoxy) is 1. The van der Waals surface area contributed by atoms with Gasteiger partial charge in [-0.15, -0.1) is 12.4 Å². The van der Waals surface area contributed by atoms with Crippen LogP contribution in [0.3, 0.4) is 0 Å². The van der Waals surface area contributed by atoms with Gasteiger partial charge in [-0.2, -0.15) is 0 Å². The first-order valence-electron chi connectivity index (χ1n) is 7.63. The lowest BCUT2D eigenvalue weighted by Crippen LogP contribution is -2.47. The molecule has 0 bridgehead atoms. The molecule has 1 aromatic carbocycles. The van der Waals surface area contributed by atoms with Crippen molar-refractivity contribution >= 4 is 24.2 Å². The summed E-state index contributed by atoms with van der Waals surface area (Å²) in [7, 11) is 0. The van der Waals surface area contributed by atoms with E-state index in [1.807, 2.05) is 13.8 Å². The molecule has 2 atom stereocenters. The molecule has 0 radical (unpaired) electrons. The molecule has 0 spiro atoms. The Bertz CT molecular complexity index is 598. The second-order valence-corrected chi connectivity index (χ2v) is 5.93. The van der Waals surface area contributed by atoms with Crippen LogP contribution in [0.25, 0.3) is 0 Å². The highest BCUT2D eigenvalue weighted by molar-refractivity contribution is 5.87. The number of fused-ring (bicyclic) bond motifs is 1. The zero-order chi connectivity index (χ0) is 17.0. The fourth-order valence-electron chi connectivity index (χ4n) is 2.35. The van der Waals surface area contributed by atoms with Gasteiger partial charge in [-0.25, -0.2) is 4.39 Å². The van der Waals surface area contributed by atoms with Gasteiger partial charge in [0.25, 0.3) is 0 Å². The van der Waals surface area contributed by atoms with Crippen LogP contribution in [0.15, 0.2) is 18.2 Å². The number of halogens is 2. The van der Waals surface area contributed by atoms with Gasteiger partial charge in [0.15, 0.2) is 0 Å². The number of rotatable bonds is 5. The van der Waals surface area contributed by atoms with Crippen molar-refractivity contribution in [1.82, 2.24) is 10.6 Å². The number of nitrogens with two attached hydrogens (primary N) is 1. The maximum absolute atomic E-state index is 13.4. The van der Waals surface area contributed by atoms with Crippen LogP contribution < -0.4 is 21.1 Å². The van der Waals surface area contributed by atoms with Crippen LogP contribution in [0.1, 0.15) is 31.9 Å². The van der Waals surface area contributed by atoms with E-state index in [2.05, 4.69) is 10.6 Å². The number of amides is 2. The summed E-state index contributed by atoms with van der Waals surface area (Å²) in [6, 6.07) is 3.23. The SMILES string of the molecule is CC(C)[C@H](N)C(=O)NCC(=O)NC1CCOc2ccc(F)cc21.Cl. The predicted molar refractivity (Wildman–Crippen MR) is 90.5 cm³/mol. The summed E-state index contributed by atoms with van der Waals surface area (Å²) in [4.78, 5) is 23.7. The van der Waals surface area contributed by atoms with Gasteiger partial charge in [-0.1, -0.05) is 13.8 Å². The lowest BCUT2D eigenvalue weighted by Gasteiger charge is -2.27. The summed E-state index contributed by atoms with van der Waals surface area (Å²) in [5.41, 5.74) is 6.31. The van der Waals surface area contributed by atoms with Gasteiger partial charge in [0.1, 0.15) is 11.6 Å². The zero-order valence-corrected chi connectivity index (χ0v) is 14.5. The first-order valence-corrected chi connectivity index (χ1v) is 7.63. The highest BCUT2D eigenvalue weighted by atomic mass is 35.5. The molecule has 134 valence electrons. The lowest BCUT2D eigenvalue weighted by atomic mass is 10.0. The molecule has 8 heteroatoms. The average molecular weight is 360 g/mol. The van der Waals surface area contributed by atoms with E-state index < -0.39 is 6.04 Å². The molecule has 2 amide bonds. The molecule has 1 aliphatic rings. The third-order valence-corrected chi connectivity index (χ3v) is 3.79. The van der Waals surface area contributed by atoms with E-state index in [9.17, 15) is 14.0 Å². The minimum atomic E-state index is -0.652. The quantitative estimate of drug-likeness (QED) is 0.738. The topological polar surface area (TPSA) is 93.5 Å². The molecule has 6 nitrogen and oxygen atoms in total. The van der Waals surface area contributed by atoms with Crippen molar-refractivity contribution in [2.75, 3.05) is 13.2 Å². The first-order chi connectivity index (χ1) is 10.9. The predicted octanol–water partition coefficient (Wildman–Crippen LogP) is 1.29. The Hall–Kier alpha value is -1.86. The van der Waals surface area contributed by atoms with Crippen molar-refractivity contribution < 1.29 is 18.7 Å². The molecule has 24 heavy (non-hydrogen) atoms. The third kappa shape index (κ3) is 5.07. The van der Waals surface area contributed by atoms with Crippen LogP contribution in [-0.4, -0.2) is 31.0 Å². The molecule has 0 fully saturated rings. The fourth-order valence-corrected chi connectivity index (χ4v) is 2.35. The Kier molecular flexibility index (Phi) is 7.44. The van der Waals surface area contributed by atoms with Crippen molar-refractivity contribution in [3.63, 3.8) is 0 Å². The van der Waals surface area contributed by atoms with E-state index in [1.165, 1.54) is 12.1 Å². The Morgan fingerprint density at radius 2 is 2.12 bits per heavy atom. The standard InChI is InChI=1S/C16H22FN3O3.ClH/c1-9(2)15(18)16(22)19-8-14(21)20-12-5-6-23-13-4-3-10(17)7-11(12)13;/h3-4,7,9,12,15H,5-6,8,18H2,1-2H3,(H,19,22)(H,20,21);1H/t12?,15-;/m0./s1. The molecule has 1 aromatic rings. The Balaban J connectivity index is 0.00000288. The number of benzene rings is 1. The van der Waals surface area contributed by atoms with Crippen molar-refractivity contribution in [2.24, 2.45) is 11.7 Å². The van der Waals surface area contributed by atoms with Gasteiger partial charge < -0.3 is 21.1 Å². The zero-order valence-electron chi connectivity index (χ0n) is 13.7. The molecular weight excluding hydrogens is 337 g/mol. The molecule has 4 N–H and O–H groups in total. The summed E-state index contributed by atoms with van der Waals surface area (Å²) < 4.78 is 18.8. The fraction of sp³-hybridized carbons (Fsp3) is 0.500. The Labute approximate surface area is 146 Å². The summed E-state index contributed by atoms with van der Waals surface area (Å²) in [6.45, 7) is 3.94. The number of hydrogen-bond donors (Lipinski definition) is 3. The van der Waals surface area contributed by atoms with E-state index in [1.54, 1.807) is 6.07 Å². The summed E-state index contributed by atoms with van der Waals surface area (Å²) >= 11 is 0. The summed E-state index contributed by atoms with van der Waals surface area (Å²) in [5.74, 6) is -0.549. The maximum Gasteiger partial charge on any atom is 0.239 e. The van der Waals surface area contributed by atoms with Crippen LogP contribution in [0.5, 0.6) is 5.75 Å². The second kappa shape index (κ2) is 8.84. The van der Waals surface area contributed by atoms with Crippen LogP contribution in [0.4, 0.5) is 4.39 Å². The van der Waals surface area contributed by atoms with E-state index in [-0.39, 0.29) is 48.5 Å². The number of nitrogens with one attached hydrogen (secondary N) is 2. The third-order valence-electron chi connectivity index (χ3n) is 3.79. The second-order valence-electron chi connectivity index (χ2n) is 5.93. The molecule has 1 heterocycles. The highest BCUT2D eigenvalue weighted by Crippen LogP contribution is 2.32. The highest BCUT2D eigenvalue weighted by Gasteiger charge is 2.24. The maximum atomic E-state index is 13.4. The normalized spacial score (nSPS) is 17.1. The number of carbonyl (C=O) groups excluding carboxylic acids is 2. The molecule has 0 aliphatic carbocycles. The largest absolute Gasteiger partial charge is 0.493 e. The number of hydrogen-bond acceptors (Lipinski definition) is 4. The minimum Gasteiger partial charge on any atom is -0.493 e. The molecule has 1 unspecified atom stereocenters. The van der Waals surface area contributed by atoms with Crippen molar-refractivity contribution in [1.29, 1.82) is 0 Å². The van der Waals surface area contributed by atoms with E-state index >= 15 is 0 Å². The molecular formula is C16H23ClFN3O3. The van der Waals surface area contributed by atoms with Gasteiger partial charge in [0.05, 0.1) is 25.2 Å². The van der Waals surface area contributed by atoms with Gasteiger partial charge in [-0.05, 0) is 24.1 Å². The van der Waals surface area contributed by atoms with Crippen LogP contribution >= 0.6 is 12.4 Å². The number of carbonyl (C=O) groups is 2. The molecule has 1 aliphatic heterocycles. The minimum absolute atomic E-state index is 0. The molecule has 0 saturated heterocycles. The van der Waals surface area contributed by atoms with E-state index in [4.69, 9.17) is 10.5 Å². The van der Waals surface area contributed by atoms with Crippen LogP contribution in [-0.2, 0) is 9.59 Å². The van der Waals surface area contributed by atoms with Crippen molar-refractivity contribution in [3.8, 4) is 5.75 Å².